The minimum Gasteiger partial charge on any atom is -0.507 e. The van der Waals surface area contributed by atoms with Crippen molar-refractivity contribution >= 4 is 33.9 Å². The maximum Gasteiger partial charge on any atom is 0.573 e. The molecule has 0 radical (unpaired) electrons. The molecule has 0 spiro atoms. The summed E-state index contributed by atoms with van der Waals surface area (Å²) in [6.45, 7) is 0. The molecule has 180 valence electrons. The summed E-state index contributed by atoms with van der Waals surface area (Å²) in [6, 6.07) is 19.4. The van der Waals surface area contributed by atoms with Gasteiger partial charge >= 0.3 is 6.36 Å². The van der Waals surface area contributed by atoms with Gasteiger partial charge in [-0.15, -0.1) is 13.2 Å². The largest absolute Gasteiger partial charge is 0.573 e. The molecule has 0 saturated carbocycles. The highest BCUT2D eigenvalue weighted by Crippen LogP contribution is 2.43. The first-order valence-electron chi connectivity index (χ1n) is 10.8. The van der Waals surface area contributed by atoms with Crippen molar-refractivity contribution in [1.82, 2.24) is 4.98 Å². The highest BCUT2D eigenvalue weighted by Gasteiger charge is 2.47. The normalized spacial score (nSPS) is 17.5. The second-order valence-corrected chi connectivity index (χ2v) is 8.06. The molecule has 5 rings (SSSR count). The Labute approximate surface area is 202 Å². The summed E-state index contributed by atoms with van der Waals surface area (Å²) >= 11 is 0. The van der Waals surface area contributed by atoms with Crippen LogP contribution < -0.4 is 9.64 Å². The predicted octanol–water partition coefficient (Wildman–Crippen LogP) is 5.76. The second kappa shape index (κ2) is 8.84. The van der Waals surface area contributed by atoms with Crippen molar-refractivity contribution in [2.45, 2.75) is 12.4 Å². The van der Waals surface area contributed by atoms with Crippen molar-refractivity contribution in [3.63, 3.8) is 0 Å². The number of Topliss-reactive ketones (excluding diaryl/α,β-unsaturated/α-hetero) is 1. The third-order valence-electron chi connectivity index (χ3n) is 5.80. The molecule has 36 heavy (non-hydrogen) atoms. The number of hydrogen-bond donors (Lipinski definition) is 1. The Kier molecular flexibility index (Phi) is 5.68. The number of carbonyl (C=O) groups excluding carboxylic acids is 2. The number of hydrogen-bond acceptors (Lipinski definition) is 5. The van der Waals surface area contributed by atoms with Crippen molar-refractivity contribution < 1.29 is 32.6 Å². The van der Waals surface area contributed by atoms with Crippen LogP contribution in [0, 0.1) is 0 Å². The first-order chi connectivity index (χ1) is 17.2. The number of amides is 1. The molecule has 9 heteroatoms. The molecule has 0 aliphatic carbocycles. The Morgan fingerprint density at radius 2 is 1.69 bits per heavy atom. The van der Waals surface area contributed by atoms with Crippen molar-refractivity contribution in [2.24, 2.45) is 0 Å². The summed E-state index contributed by atoms with van der Waals surface area (Å²) in [6.07, 6.45) is -2.02. The van der Waals surface area contributed by atoms with E-state index in [2.05, 4.69) is 9.72 Å². The Bertz CT molecular complexity index is 1520. The first-order valence-corrected chi connectivity index (χ1v) is 10.8. The van der Waals surface area contributed by atoms with E-state index in [1.54, 1.807) is 30.3 Å². The van der Waals surface area contributed by atoms with Gasteiger partial charge in [0.1, 0.15) is 11.5 Å². The minimum absolute atomic E-state index is 0.00901. The van der Waals surface area contributed by atoms with E-state index in [1.807, 2.05) is 24.3 Å². The molecule has 1 unspecified atom stereocenters. The number of aromatic nitrogens is 1. The summed E-state index contributed by atoms with van der Waals surface area (Å²) in [7, 11) is 0. The maximum absolute atomic E-state index is 13.2. The first kappa shape index (κ1) is 23.1. The number of carbonyl (C=O) groups is 2. The topological polar surface area (TPSA) is 79.7 Å². The smallest absolute Gasteiger partial charge is 0.507 e. The minimum atomic E-state index is -4.94. The SMILES string of the molecule is O=C1C(=O)N(c2cccc(OC(F)(F)F)c2)C(c2cccnc2)/C1=C(/O)c1ccc2ccccc2c1. The van der Waals surface area contributed by atoms with E-state index in [9.17, 15) is 27.9 Å². The molecule has 0 bridgehead atoms. The number of pyridine rings is 1. The van der Waals surface area contributed by atoms with Crippen LogP contribution in [0.15, 0.2) is 96.8 Å². The van der Waals surface area contributed by atoms with Crippen molar-refractivity contribution in [3.05, 3.63) is 108 Å². The lowest BCUT2D eigenvalue weighted by Gasteiger charge is -2.25. The zero-order valence-electron chi connectivity index (χ0n) is 18.4. The van der Waals surface area contributed by atoms with Crippen LogP contribution in [0.2, 0.25) is 0 Å². The van der Waals surface area contributed by atoms with Gasteiger partial charge in [-0.1, -0.05) is 48.5 Å². The molecule has 6 nitrogen and oxygen atoms in total. The molecule has 1 aliphatic rings. The Morgan fingerprint density at radius 3 is 2.42 bits per heavy atom. The van der Waals surface area contributed by atoms with Gasteiger partial charge < -0.3 is 9.84 Å². The highest BCUT2D eigenvalue weighted by atomic mass is 19.4. The van der Waals surface area contributed by atoms with Crippen LogP contribution in [0.3, 0.4) is 0 Å². The van der Waals surface area contributed by atoms with Gasteiger partial charge in [0, 0.05) is 29.7 Å². The zero-order chi connectivity index (χ0) is 25.4. The molecular weight excluding hydrogens is 473 g/mol. The maximum atomic E-state index is 13.2. The summed E-state index contributed by atoms with van der Waals surface area (Å²) in [5.41, 5.74) is 0.492. The van der Waals surface area contributed by atoms with E-state index in [0.717, 1.165) is 27.8 Å². The van der Waals surface area contributed by atoms with E-state index in [-0.39, 0.29) is 11.3 Å². The third-order valence-corrected chi connectivity index (χ3v) is 5.80. The average Bonchev–Trinajstić information content (AvgIpc) is 3.13. The summed E-state index contributed by atoms with van der Waals surface area (Å²) in [5, 5.41) is 13.0. The lowest BCUT2D eigenvalue weighted by atomic mass is 9.95. The van der Waals surface area contributed by atoms with Gasteiger partial charge in [0.05, 0.1) is 11.6 Å². The van der Waals surface area contributed by atoms with E-state index < -0.39 is 35.6 Å². The molecule has 1 fully saturated rings. The van der Waals surface area contributed by atoms with Gasteiger partial charge in [0.15, 0.2) is 0 Å². The van der Waals surface area contributed by atoms with Crippen molar-refractivity contribution in [2.75, 3.05) is 4.90 Å². The number of alkyl halides is 3. The quantitative estimate of drug-likeness (QED) is 0.224. The van der Waals surface area contributed by atoms with Gasteiger partial charge in [-0.2, -0.15) is 0 Å². The monoisotopic (exact) mass is 490 g/mol. The van der Waals surface area contributed by atoms with Crippen LogP contribution in [0.1, 0.15) is 17.2 Å². The summed E-state index contributed by atoms with van der Waals surface area (Å²) in [5.74, 6) is -2.94. The van der Waals surface area contributed by atoms with E-state index in [1.165, 1.54) is 24.5 Å². The predicted molar refractivity (Wildman–Crippen MR) is 126 cm³/mol. The van der Waals surface area contributed by atoms with Crippen LogP contribution in [0.5, 0.6) is 5.75 Å². The Morgan fingerprint density at radius 1 is 0.917 bits per heavy atom. The highest BCUT2D eigenvalue weighted by molar-refractivity contribution is 6.51. The number of fused-ring (bicyclic) bond motifs is 1. The number of anilines is 1. The molecule has 4 aromatic rings. The molecule has 1 aromatic heterocycles. The van der Waals surface area contributed by atoms with Crippen LogP contribution in [0.25, 0.3) is 16.5 Å². The summed E-state index contributed by atoms with van der Waals surface area (Å²) < 4.78 is 42.4. The number of aliphatic hydroxyl groups excluding tert-OH is 1. The van der Waals surface area contributed by atoms with Gasteiger partial charge in [-0.05, 0) is 40.6 Å². The molecule has 1 N–H and O–H groups in total. The lowest BCUT2D eigenvalue weighted by Crippen LogP contribution is -2.29. The molecule has 2 heterocycles. The molecule has 3 aromatic carbocycles. The molecule has 1 amide bonds. The van der Waals surface area contributed by atoms with Gasteiger partial charge in [0.2, 0.25) is 0 Å². The van der Waals surface area contributed by atoms with E-state index >= 15 is 0 Å². The molecule has 1 saturated heterocycles. The van der Waals surface area contributed by atoms with Crippen LogP contribution >= 0.6 is 0 Å². The fraction of sp³-hybridized carbons (Fsp3) is 0.0741. The lowest BCUT2D eigenvalue weighted by molar-refractivity contribution is -0.274. The van der Waals surface area contributed by atoms with Crippen molar-refractivity contribution in [3.8, 4) is 5.75 Å². The molecule has 1 aliphatic heterocycles. The number of nitrogens with zero attached hydrogens (tertiary/aromatic N) is 2. The number of halogens is 3. The number of ketones is 1. The third kappa shape index (κ3) is 4.26. The average molecular weight is 490 g/mol. The second-order valence-electron chi connectivity index (χ2n) is 8.06. The number of ether oxygens (including phenoxy) is 1. The van der Waals surface area contributed by atoms with E-state index in [4.69, 9.17) is 0 Å². The van der Waals surface area contributed by atoms with Crippen LogP contribution in [-0.2, 0) is 9.59 Å². The van der Waals surface area contributed by atoms with E-state index in [0.29, 0.717) is 11.1 Å². The molecule has 1 atom stereocenters. The fourth-order valence-corrected chi connectivity index (χ4v) is 4.27. The van der Waals surface area contributed by atoms with Crippen LogP contribution in [0.4, 0.5) is 18.9 Å². The number of benzene rings is 3. The summed E-state index contributed by atoms with van der Waals surface area (Å²) in [4.78, 5) is 31.5. The molecular formula is C27H17F3N2O4. The van der Waals surface area contributed by atoms with Crippen LogP contribution in [-0.4, -0.2) is 28.1 Å². The van der Waals surface area contributed by atoms with Gasteiger partial charge in [0.25, 0.3) is 11.7 Å². The Balaban J connectivity index is 1.68. The number of rotatable bonds is 4. The standard InChI is InChI=1S/C27H17F3N2O4/c28-27(29,30)36-21-9-3-8-20(14-21)32-23(19-7-4-12-31-15-19)22(25(34)26(32)35)24(33)18-11-10-16-5-1-2-6-17(16)13-18/h1-15,23,33H/b24-22-. The number of aliphatic hydroxyl groups is 1. The fourth-order valence-electron chi connectivity index (χ4n) is 4.27. The van der Waals surface area contributed by atoms with Crippen molar-refractivity contribution in [1.29, 1.82) is 0 Å². The van der Waals surface area contributed by atoms with Gasteiger partial charge in [-0.3, -0.25) is 19.5 Å². The zero-order valence-corrected chi connectivity index (χ0v) is 18.4. The van der Waals surface area contributed by atoms with Gasteiger partial charge in [-0.25, -0.2) is 0 Å². The Hall–Kier alpha value is -4.66.